The minimum atomic E-state index is 0.683. The summed E-state index contributed by atoms with van der Waals surface area (Å²) in [6.07, 6.45) is 8.05. The SMILES string of the molecule is CC1CCC(CCN=C=O)CC1. The third-order valence-electron chi connectivity index (χ3n) is 2.85. The van der Waals surface area contributed by atoms with Crippen molar-refractivity contribution in [1.29, 1.82) is 0 Å². The molecule has 1 rings (SSSR count). The molecule has 0 atom stereocenters. The number of hydrogen-bond donors (Lipinski definition) is 0. The molecule has 0 heterocycles. The van der Waals surface area contributed by atoms with E-state index in [1.807, 2.05) is 0 Å². The van der Waals surface area contributed by atoms with Crippen LogP contribution in [0.2, 0.25) is 0 Å². The molecule has 1 fully saturated rings. The molecule has 0 aromatic rings. The summed E-state index contributed by atoms with van der Waals surface area (Å²) in [7, 11) is 0. The number of rotatable bonds is 3. The van der Waals surface area contributed by atoms with Gasteiger partial charge in [0.2, 0.25) is 6.08 Å². The van der Waals surface area contributed by atoms with Gasteiger partial charge in [-0.15, -0.1) is 0 Å². The van der Waals surface area contributed by atoms with Gasteiger partial charge in [-0.25, -0.2) is 9.79 Å². The Morgan fingerprint density at radius 2 is 2.00 bits per heavy atom. The molecule has 68 valence electrons. The molecule has 2 heteroatoms. The van der Waals surface area contributed by atoms with E-state index in [0.29, 0.717) is 6.54 Å². The highest BCUT2D eigenvalue weighted by Gasteiger charge is 2.17. The third kappa shape index (κ3) is 3.19. The van der Waals surface area contributed by atoms with Crippen LogP contribution in [0.3, 0.4) is 0 Å². The second kappa shape index (κ2) is 5.10. The topological polar surface area (TPSA) is 29.4 Å². The van der Waals surface area contributed by atoms with Crippen LogP contribution in [0, 0.1) is 11.8 Å². The Morgan fingerprint density at radius 3 is 2.58 bits per heavy atom. The molecular weight excluding hydrogens is 150 g/mol. The molecule has 1 saturated carbocycles. The fourth-order valence-corrected chi connectivity index (χ4v) is 1.91. The lowest BCUT2D eigenvalue weighted by molar-refractivity contribution is 0.280. The Labute approximate surface area is 74.1 Å². The summed E-state index contributed by atoms with van der Waals surface area (Å²) in [5, 5.41) is 0. The maximum atomic E-state index is 9.81. The van der Waals surface area contributed by atoms with Gasteiger partial charge in [-0.2, -0.15) is 0 Å². The van der Waals surface area contributed by atoms with Crippen LogP contribution in [0.15, 0.2) is 4.99 Å². The standard InChI is InChI=1S/C10H17NO/c1-9-2-4-10(5-3-9)6-7-11-8-12/h9-10H,2-7H2,1H3. The highest BCUT2D eigenvalue weighted by Crippen LogP contribution is 2.30. The molecule has 0 aromatic carbocycles. The van der Waals surface area contributed by atoms with Crippen molar-refractivity contribution in [2.45, 2.75) is 39.0 Å². The molecule has 2 nitrogen and oxygen atoms in total. The fraction of sp³-hybridized carbons (Fsp3) is 0.900. The van der Waals surface area contributed by atoms with E-state index in [-0.39, 0.29) is 0 Å². The zero-order chi connectivity index (χ0) is 8.81. The normalized spacial score (nSPS) is 29.4. The van der Waals surface area contributed by atoms with Gasteiger partial charge in [0.1, 0.15) is 0 Å². The molecule has 0 aromatic heterocycles. The number of nitrogens with zero attached hydrogens (tertiary/aromatic N) is 1. The Morgan fingerprint density at radius 1 is 1.33 bits per heavy atom. The van der Waals surface area contributed by atoms with Crippen LogP contribution >= 0.6 is 0 Å². The zero-order valence-electron chi connectivity index (χ0n) is 7.75. The summed E-state index contributed by atoms with van der Waals surface area (Å²) in [5.41, 5.74) is 0. The van der Waals surface area contributed by atoms with Gasteiger partial charge in [0.05, 0.1) is 6.54 Å². The first-order chi connectivity index (χ1) is 5.83. The summed E-state index contributed by atoms with van der Waals surface area (Å²) in [6, 6.07) is 0. The largest absolute Gasteiger partial charge is 0.234 e. The molecule has 12 heavy (non-hydrogen) atoms. The van der Waals surface area contributed by atoms with Gasteiger partial charge < -0.3 is 0 Å². The Kier molecular flexibility index (Phi) is 4.02. The van der Waals surface area contributed by atoms with Crippen molar-refractivity contribution in [1.82, 2.24) is 0 Å². The summed E-state index contributed by atoms with van der Waals surface area (Å²) >= 11 is 0. The van der Waals surface area contributed by atoms with Crippen LogP contribution in [0.5, 0.6) is 0 Å². The number of hydrogen-bond acceptors (Lipinski definition) is 2. The average molecular weight is 167 g/mol. The van der Waals surface area contributed by atoms with Gasteiger partial charge in [0.15, 0.2) is 0 Å². The Balaban J connectivity index is 2.13. The van der Waals surface area contributed by atoms with Crippen molar-refractivity contribution in [2.24, 2.45) is 16.8 Å². The number of aliphatic imine (C=N–C) groups is 1. The molecule has 0 unspecified atom stereocenters. The highest BCUT2D eigenvalue weighted by atomic mass is 16.1. The molecule has 0 spiro atoms. The van der Waals surface area contributed by atoms with Crippen molar-refractivity contribution < 1.29 is 4.79 Å². The molecule has 0 N–H and O–H groups in total. The van der Waals surface area contributed by atoms with Crippen molar-refractivity contribution in [3.05, 3.63) is 0 Å². The molecule has 1 aliphatic carbocycles. The number of isocyanates is 1. The molecule has 0 bridgehead atoms. The van der Waals surface area contributed by atoms with Crippen molar-refractivity contribution in [2.75, 3.05) is 6.54 Å². The van der Waals surface area contributed by atoms with E-state index in [1.165, 1.54) is 25.7 Å². The van der Waals surface area contributed by atoms with E-state index < -0.39 is 0 Å². The third-order valence-corrected chi connectivity index (χ3v) is 2.85. The summed E-state index contributed by atoms with van der Waals surface area (Å²) < 4.78 is 0. The predicted octanol–water partition coefficient (Wildman–Crippen LogP) is 2.54. The van der Waals surface area contributed by atoms with E-state index in [1.54, 1.807) is 6.08 Å². The van der Waals surface area contributed by atoms with Gasteiger partial charge in [0.25, 0.3) is 0 Å². The van der Waals surface area contributed by atoms with Crippen LogP contribution in [0.1, 0.15) is 39.0 Å². The average Bonchev–Trinajstić information content (AvgIpc) is 2.09. The van der Waals surface area contributed by atoms with Crippen LogP contribution in [-0.2, 0) is 4.79 Å². The molecule has 0 saturated heterocycles. The van der Waals surface area contributed by atoms with Gasteiger partial charge in [-0.3, -0.25) is 0 Å². The van der Waals surface area contributed by atoms with E-state index in [4.69, 9.17) is 0 Å². The van der Waals surface area contributed by atoms with Gasteiger partial charge in [-0.1, -0.05) is 32.6 Å². The summed E-state index contributed by atoms with van der Waals surface area (Å²) in [5.74, 6) is 1.73. The summed E-state index contributed by atoms with van der Waals surface area (Å²) in [4.78, 5) is 13.4. The maximum Gasteiger partial charge on any atom is 0.234 e. The molecule has 1 aliphatic rings. The lowest BCUT2D eigenvalue weighted by Gasteiger charge is -2.25. The first-order valence-electron chi connectivity index (χ1n) is 4.86. The summed E-state index contributed by atoms with van der Waals surface area (Å²) in [6.45, 7) is 3.00. The van der Waals surface area contributed by atoms with Gasteiger partial charge >= 0.3 is 0 Å². The Hall–Kier alpha value is -0.620. The minimum Gasteiger partial charge on any atom is -0.211 e. The molecular formula is C10H17NO. The maximum absolute atomic E-state index is 9.81. The van der Waals surface area contributed by atoms with Crippen LogP contribution < -0.4 is 0 Å². The van der Waals surface area contributed by atoms with Crippen LogP contribution in [-0.4, -0.2) is 12.6 Å². The smallest absolute Gasteiger partial charge is 0.211 e. The van der Waals surface area contributed by atoms with E-state index in [0.717, 1.165) is 18.3 Å². The van der Waals surface area contributed by atoms with Crippen LogP contribution in [0.25, 0.3) is 0 Å². The van der Waals surface area contributed by atoms with Crippen LogP contribution in [0.4, 0.5) is 0 Å². The predicted molar refractivity (Wildman–Crippen MR) is 48.7 cm³/mol. The van der Waals surface area contributed by atoms with E-state index >= 15 is 0 Å². The molecule has 0 aliphatic heterocycles. The Bertz CT molecular complexity index is 165. The molecule has 0 radical (unpaired) electrons. The lowest BCUT2D eigenvalue weighted by Crippen LogP contribution is -2.12. The highest BCUT2D eigenvalue weighted by molar-refractivity contribution is 5.32. The zero-order valence-corrected chi connectivity index (χ0v) is 7.75. The second-order valence-electron chi connectivity index (χ2n) is 3.89. The van der Waals surface area contributed by atoms with Gasteiger partial charge in [-0.05, 0) is 18.3 Å². The molecule has 0 amide bonds. The second-order valence-corrected chi connectivity index (χ2v) is 3.89. The van der Waals surface area contributed by atoms with Crippen molar-refractivity contribution in [3.8, 4) is 0 Å². The van der Waals surface area contributed by atoms with E-state index in [2.05, 4.69) is 11.9 Å². The van der Waals surface area contributed by atoms with Gasteiger partial charge in [0, 0.05) is 0 Å². The quantitative estimate of drug-likeness (QED) is 0.469. The first-order valence-corrected chi connectivity index (χ1v) is 4.86. The first kappa shape index (κ1) is 9.47. The lowest BCUT2D eigenvalue weighted by atomic mass is 9.81. The fourth-order valence-electron chi connectivity index (χ4n) is 1.91. The minimum absolute atomic E-state index is 0.683. The van der Waals surface area contributed by atoms with Crippen molar-refractivity contribution in [3.63, 3.8) is 0 Å². The van der Waals surface area contributed by atoms with Crippen molar-refractivity contribution >= 4 is 6.08 Å². The monoisotopic (exact) mass is 167 g/mol. The number of carbonyl (C=O) groups excluding carboxylic acids is 1. The van der Waals surface area contributed by atoms with E-state index in [9.17, 15) is 4.79 Å².